The van der Waals surface area contributed by atoms with E-state index < -0.39 is 0 Å². The van der Waals surface area contributed by atoms with E-state index in [4.69, 9.17) is 4.42 Å². The van der Waals surface area contributed by atoms with Crippen LogP contribution >= 0.6 is 0 Å². The van der Waals surface area contributed by atoms with Crippen molar-refractivity contribution >= 4 is 82.1 Å². The fourth-order valence-corrected chi connectivity index (χ4v) is 7.61. The van der Waals surface area contributed by atoms with E-state index in [1.165, 1.54) is 43.1 Å². The molecule has 10 aromatic rings. The van der Waals surface area contributed by atoms with Crippen molar-refractivity contribution in [3.05, 3.63) is 176 Å². The maximum Gasteiger partial charge on any atom is 0.145 e. The maximum absolute atomic E-state index is 6.75. The van der Waals surface area contributed by atoms with Crippen LogP contribution < -0.4 is 4.90 Å². The fourth-order valence-electron chi connectivity index (χ4n) is 7.61. The van der Waals surface area contributed by atoms with Crippen LogP contribution in [-0.4, -0.2) is 0 Å². The zero-order valence-corrected chi connectivity index (χ0v) is 26.1. The third-order valence-electron chi connectivity index (χ3n) is 9.80. The lowest BCUT2D eigenvalue weighted by molar-refractivity contribution is 0.670. The monoisotopic (exact) mass is 611 g/mol. The number of para-hydroxylation sites is 1. The average molecular weight is 612 g/mol. The highest BCUT2D eigenvalue weighted by molar-refractivity contribution is 6.20. The molecule has 0 atom stereocenters. The summed E-state index contributed by atoms with van der Waals surface area (Å²) in [6.07, 6.45) is 0. The first-order valence-electron chi connectivity index (χ1n) is 16.4. The van der Waals surface area contributed by atoms with Crippen molar-refractivity contribution in [2.45, 2.75) is 0 Å². The molecular weight excluding hydrogens is 583 g/mol. The van der Waals surface area contributed by atoms with Gasteiger partial charge in [0, 0.05) is 22.0 Å². The highest BCUT2D eigenvalue weighted by Gasteiger charge is 2.24. The van der Waals surface area contributed by atoms with E-state index in [2.05, 4.69) is 181 Å². The van der Waals surface area contributed by atoms with Gasteiger partial charge in [0.15, 0.2) is 0 Å². The Bertz CT molecular complexity index is 2850. The number of benzene rings is 9. The largest absolute Gasteiger partial charge is 0.455 e. The molecule has 10 rings (SSSR count). The Morgan fingerprint density at radius 2 is 0.979 bits per heavy atom. The third kappa shape index (κ3) is 4.06. The standard InChI is InChI=1S/C46H29NO/c1-2-12-30(13-3-1)38-26-27-42(45-41-20-10-11-21-44(41)48-46(38)45)47(34-24-25-37-33(28-34)23-22-31-14-4-6-16-35(31)37)43-29-32-15-5-7-17-36(32)39-18-8-9-19-40(39)43/h1-29H. The normalized spacial score (nSPS) is 11.8. The van der Waals surface area contributed by atoms with Crippen molar-refractivity contribution in [3.8, 4) is 11.1 Å². The Morgan fingerprint density at radius 1 is 0.375 bits per heavy atom. The lowest BCUT2D eigenvalue weighted by Gasteiger charge is -2.29. The first-order chi connectivity index (χ1) is 23.8. The molecule has 9 aromatic carbocycles. The Labute approximate surface area is 277 Å². The average Bonchev–Trinajstić information content (AvgIpc) is 3.55. The molecule has 224 valence electrons. The van der Waals surface area contributed by atoms with Gasteiger partial charge in [-0.3, -0.25) is 0 Å². The molecule has 48 heavy (non-hydrogen) atoms. The van der Waals surface area contributed by atoms with Crippen molar-refractivity contribution in [2.75, 3.05) is 4.90 Å². The molecule has 0 bridgehead atoms. The summed E-state index contributed by atoms with van der Waals surface area (Å²) < 4.78 is 6.75. The predicted molar refractivity (Wildman–Crippen MR) is 204 cm³/mol. The summed E-state index contributed by atoms with van der Waals surface area (Å²) in [5, 5.41) is 12.0. The number of hydrogen-bond donors (Lipinski definition) is 0. The number of anilines is 3. The Hall–Kier alpha value is -6.38. The van der Waals surface area contributed by atoms with E-state index in [1.807, 2.05) is 0 Å². The number of nitrogens with zero attached hydrogens (tertiary/aromatic N) is 1. The molecule has 0 fully saturated rings. The summed E-state index contributed by atoms with van der Waals surface area (Å²) in [4.78, 5) is 2.45. The number of furan rings is 1. The molecule has 0 aliphatic rings. The summed E-state index contributed by atoms with van der Waals surface area (Å²) in [6.45, 7) is 0. The quantitative estimate of drug-likeness (QED) is 0.184. The van der Waals surface area contributed by atoms with Crippen LogP contribution in [0.2, 0.25) is 0 Å². The molecule has 0 aliphatic heterocycles. The fraction of sp³-hybridized carbons (Fsp3) is 0. The summed E-state index contributed by atoms with van der Waals surface area (Å²) in [6, 6.07) is 63.3. The summed E-state index contributed by atoms with van der Waals surface area (Å²) in [7, 11) is 0. The van der Waals surface area contributed by atoms with Gasteiger partial charge in [0.05, 0.1) is 16.8 Å². The molecule has 1 heterocycles. The van der Waals surface area contributed by atoms with Gasteiger partial charge in [0.25, 0.3) is 0 Å². The van der Waals surface area contributed by atoms with Gasteiger partial charge in [-0.15, -0.1) is 0 Å². The van der Waals surface area contributed by atoms with Crippen LogP contribution in [0, 0.1) is 0 Å². The molecule has 1 aromatic heterocycles. The zero-order valence-electron chi connectivity index (χ0n) is 26.1. The Balaban J connectivity index is 1.34. The molecule has 2 nitrogen and oxygen atoms in total. The van der Waals surface area contributed by atoms with Crippen molar-refractivity contribution < 1.29 is 4.42 Å². The van der Waals surface area contributed by atoms with Crippen molar-refractivity contribution in [3.63, 3.8) is 0 Å². The summed E-state index contributed by atoms with van der Waals surface area (Å²) in [5.41, 5.74) is 7.29. The molecule has 0 saturated heterocycles. The van der Waals surface area contributed by atoms with Gasteiger partial charge in [-0.2, -0.15) is 0 Å². The lowest BCUT2D eigenvalue weighted by Crippen LogP contribution is -2.11. The second-order valence-electron chi connectivity index (χ2n) is 12.5. The molecule has 0 spiro atoms. The van der Waals surface area contributed by atoms with Gasteiger partial charge in [-0.05, 0) is 79.7 Å². The van der Waals surface area contributed by atoms with Gasteiger partial charge in [0.2, 0.25) is 0 Å². The minimum absolute atomic E-state index is 0.880. The second-order valence-corrected chi connectivity index (χ2v) is 12.5. The minimum Gasteiger partial charge on any atom is -0.455 e. The van der Waals surface area contributed by atoms with Gasteiger partial charge in [-0.1, -0.05) is 140 Å². The zero-order chi connectivity index (χ0) is 31.6. The molecular formula is C46H29NO. The highest BCUT2D eigenvalue weighted by atomic mass is 16.3. The first kappa shape index (κ1) is 26.8. The molecule has 0 amide bonds. The maximum atomic E-state index is 6.75. The van der Waals surface area contributed by atoms with E-state index in [1.54, 1.807) is 0 Å². The van der Waals surface area contributed by atoms with Crippen molar-refractivity contribution in [1.82, 2.24) is 0 Å². The predicted octanol–water partition coefficient (Wildman–Crippen LogP) is 13.3. The Morgan fingerprint density at radius 3 is 1.81 bits per heavy atom. The van der Waals surface area contributed by atoms with E-state index in [0.29, 0.717) is 0 Å². The van der Waals surface area contributed by atoms with Crippen LogP contribution in [0.1, 0.15) is 0 Å². The lowest BCUT2D eigenvalue weighted by atomic mass is 9.96. The number of rotatable bonds is 4. The van der Waals surface area contributed by atoms with Crippen LogP contribution in [0.25, 0.3) is 76.2 Å². The highest BCUT2D eigenvalue weighted by Crippen LogP contribution is 2.49. The van der Waals surface area contributed by atoms with Crippen LogP contribution in [-0.2, 0) is 0 Å². The van der Waals surface area contributed by atoms with E-state index in [-0.39, 0.29) is 0 Å². The van der Waals surface area contributed by atoms with Crippen molar-refractivity contribution in [1.29, 1.82) is 0 Å². The third-order valence-corrected chi connectivity index (χ3v) is 9.80. The van der Waals surface area contributed by atoms with Gasteiger partial charge < -0.3 is 9.32 Å². The van der Waals surface area contributed by atoms with Crippen LogP contribution in [0.4, 0.5) is 17.1 Å². The van der Waals surface area contributed by atoms with Gasteiger partial charge in [-0.25, -0.2) is 0 Å². The Kier molecular flexibility index (Phi) is 5.91. The van der Waals surface area contributed by atoms with Gasteiger partial charge in [0.1, 0.15) is 11.2 Å². The molecule has 0 unspecified atom stereocenters. The summed E-state index contributed by atoms with van der Waals surface area (Å²) >= 11 is 0. The summed E-state index contributed by atoms with van der Waals surface area (Å²) in [5.74, 6) is 0. The smallest absolute Gasteiger partial charge is 0.145 e. The van der Waals surface area contributed by atoms with Gasteiger partial charge >= 0.3 is 0 Å². The molecule has 0 N–H and O–H groups in total. The first-order valence-corrected chi connectivity index (χ1v) is 16.4. The number of hydrogen-bond acceptors (Lipinski definition) is 2. The van der Waals surface area contributed by atoms with E-state index in [0.717, 1.165) is 50.1 Å². The number of fused-ring (bicyclic) bond motifs is 9. The molecule has 0 aliphatic carbocycles. The molecule has 0 saturated carbocycles. The SMILES string of the molecule is c1ccc(-c2ccc(N(c3ccc4c(ccc5ccccc54)c3)c3cc4ccccc4c4ccccc34)c3c2oc2ccccc23)cc1. The molecule has 2 heteroatoms. The molecule has 0 radical (unpaired) electrons. The van der Waals surface area contributed by atoms with Crippen LogP contribution in [0.5, 0.6) is 0 Å². The van der Waals surface area contributed by atoms with E-state index in [9.17, 15) is 0 Å². The van der Waals surface area contributed by atoms with Crippen LogP contribution in [0.3, 0.4) is 0 Å². The van der Waals surface area contributed by atoms with Crippen molar-refractivity contribution in [2.24, 2.45) is 0 Å². The van der Waals surface area contributed by atoms with Crippen LogP contribution in [0.15, 0.2) is 180 Å². The topological polar surface area (TPSA) is 16.4 Å². The second kappa shape index (κ2) is 10.6. The minimum atomic E-state index is 0.880. The van der Waals surface area contributed by atoms with E-state index >= 15 is 0 Å².